The zero-order valence-corrected chi connectivity index (χ0v) is 12.7. The van der Waals surface area contributed by atoms with E-state index in [9.17, 15) is 0 Å². The Morgan fingerprint density at radius 2 is 2.00 bits per heavy atom. The van der Waals surface area contributed by atoms with Crippen LogP contribution in [0.2, 0.25) is 5.02 Å². The maximum atomic E-state index is 6.15. The van der Waals surface area contributed by atoms with Gasteiger partial charge in [0.25, 0.3) is 0 Å². The van der Waals surface area contributed by atoms with Crippen LogP contribution in [-0.2, 0) is 6.54 Å². The predicted octanol–water partition coefficient (Wildman–Crippen LogP) is 3.25. The summed E-state index contributed by atoms with van der Waals surface area (Å²) in [7, 11) is 2.06. The van der Waals surface area contributed by atoms with Crippen molar-refractivity contribution in [3.05, 3.63) is 34.3 Å². The molecule has 18 heavy (non-hydrogen) atoms. The van der Waals surface area contributed by atoms with E-state index in [1.807, 2.05) is 6.92 Å². The molecule has 1 aromatic rings. The van der Waals surface area contributed by atoms with Gasteiger partial charge in [0.05, 0.1) is 0 Å². The first-order valence-electron chi connectivity index (χ1n) is 6.33. The smallest absolute Gasteiger partial charge is 0.0438 e. The van der Waals surface area contributed by atoms with Gasteiger partial charge in [0, 0.05) is 17.6 Å². The van der Waals surface area contributed by atoms with E-state index in [2.05, 4.69) is 35.5 Å². The van der Waals surface area contributed by atoms with Gasteiger partial charge in [0.15, 0.2) is 0 Å². The number of nitrogens with zero attached hydrogens (tertiary/aromatic N) is 1. The summed E-state index contributed by atoms with van der Waals surface area (Å²) in [5.74, 6) is 0. The number of likely N-dealkylation sites (tertiary alicyclic amines) is 1. The van der Waals surface area contributed by atoms with Gasteiger partial charge in [0.2, 0.25) is 0 Å². The Hall–Kier alpha value is -0.280. The normalized spacial score (nSPS) is 17.5. The molecular formula is C14H22Cl2N2. The van der Waals surface area contributed by atoms with Crippen LogP contribution in [0.25, 0.3) is 0 Å². The highest BCUT2D eigenvalue weighted by molar-refractivity contribution is 6.31. The number of hydrogen-bond donors (Lipinski definition) is 1. The summed E-state index contributed by atoms with van der Waals surface area (Å²) < 4.78 is 0. The highest BCUT2D eigenvalue weighted by Gasteiger charge is 2.17. The van der Waals surface area contributed by atoms with Crippen LogP contribution in [-0.4, -0.2) is 31.1 Å². The van der Waals surface area contributed by atoms with E-state index < -0.39 is 0 Å². The highest BCUT2D eigenvalue weighted by Crippen LogP contribution is 2.19. The largest absolute Gasteiger partial charge is 0.317 e. The predicted molar refractivity (Wildman–Crippen MR) is 80.8 cm³/mol. The summed E-state index contributed by atoms with van der Waals surface area (Å²) in [6, 6.07) is 7.10. The molecule has 1 aliphatic heterocycles. The Labute approximate surface area is 121 Å². The zero-order valence-electron chi connectivity index (χ0n) is 11.1. The number of aryl methyl sites for hydroxylation is 1. The van der Waals surface area contributed by atoms with Crippen molar-refractivity contribution in [2.45, 2.75) is 32.4 Å². The molecule has 0 bridgehead atoms. The van der Waals surface area contributed by atoms with Gasteiger partial charge in [-0.15, -0.1) is 12.4 Å². The Balaban J connectivity index is 0.00000162. The molecule has 1 aromatic carbocycles. The second kappa shape index (κ2) is 7.34. The van der Waals surface area contributed by atoms with E-state index in [4.69, 9.17) is 11.6 Å². The van der Waals surface area contributed by atoms with Crippen molar-refractivity contribution in [3.8, 4) is 0 Å². The van der Waals surface area contributed by atoms with Crippen molar-refractivity contribution in [3.63, 3.8) is 0 Å². The van der Waals surface area contributed by atoms with Crippen molar-refractivity contribution in [1.82, 2.24) is 10.2 Å². The lowest BCUT2D eigenvalue weighted by molar-refractivity contribution is 0.194. The molecule has 2 rings (SSSR count). The third kappa shape index (κ3) is 4.13. The third-order valence-electron chi connectivity index (χ3n) is 3.64. The van der Waals surface area contributed by atoms with Crippen molar-refractivity contribution in [2.75, 3.05) is 20.1 Å². The molecular weight excluding hydrogens is 267 g/mol. The van der Waals surface area contributed by atoms with E-state index in [0.717, 1.165) is 17.1 Å². The summed E-state index contributed by atoms with van der Waals surface area (Å²) in [6.07, 6.45) is 2.49. The van der Waals surface area contributed by atoms with Crippen molar-refractivity contribution in [2.24, 2.45) is 0 Å². The lowest BCUT2D eigenvalue weighted by atomic mass is 10.0. The topological polar surface area (TPSA) is 15.3 Å². The van der Waals surface area contributed by atoms with E-state index in [0.29, 0.717) is 6.04 Å². The van der Waals surface area contributed by atoms with Gasteiger partial charge in [-0.05, 0) is 57.1 Å². The first kappa shape index (κ1) is 15.8. The van der Waals surface area contributed by atoms with E-state index >= 15 is 0 Å². The molecule has 1 aliphatic rings. The average molecular weight is 289 g/mol. The van der Waals surface area contributed by atoms with E-state index in [1.165, 1.54) is 31.5 Å². The molecule has 0 saturated carbocycles. The van der Waals surface area contributed by atoms with Crippen LogP contribution in [0, 0.1) is 6.92 Å². The second-order valence-electron chi connectivity index (χ2n) is 4.92. The molecule has 1 saturated heterocycles. The first-order chi connectivity index (χ1) is 8.19. The van der Waals surface area contributed by atoms with Crippen molar-refractivity contribution >= 4 is 24.0 Å². The van der Waals surface area contributed by atoms with E-state index in [-0.39, 0.29) is 12.4 Å². The van der Waals surface area contributed by atoms with Crippen LogP contribution in [0.5, 0.6) is 0 Å². The molecule has 0 aromatic heterocycles. The third-order valence-corrected chi connectivity index (χ3v) is 4.05. The van der Waals surface area contributed by atoms with Gasteiger partial charge in [-0.2, -0.15) is 0 Å². The Kier molecular flexibility index (Phi) is 6.44. The molecule has 0 aliphatic carbocycles. The maximum absolute atomic E-state index is 6.15. The van der Waals surface area contributed by atoms with E-state index in [1.54, 1.807) is 0 Å². The lowest BCUT2D eigenvalue weighted by Crippen LogP contribution is -2.40. The fraction of sp³-hybridized carbons (Fsp3) is 0.571. The summed E-state index contributed by atoms with van der Waals surface area (Å²) in [4.78, 5) is 2.51. The zero-order chi connectivity index (χ0) is 12.3. The fourth-order valence-electron chi connectivity index (χ4n) is 2.37. The molecule has 0 amide bonds. The number of piperidine rings is 1. The number of rotatable bonds is 3. The molecule has 0 spiro atoms. The SMILES string of the molecule is CNC1CCN(Cc2ccc(C)c(Cl)c2)CC1.Cl. The number of benzene rings is 1. The fourth-order valence-corrected chi connectivity index (χ4v) is 2.58. The lowest BCUT2D eigenvalue weighted by Gasteiger charge is -2.31. The monoisotopic (exact) mass is 288 g/mol. The summed E-state index contributed by atoms with van der Waals surface area (Å²) >= 11 is 6.15. The van der Waals surface area contributed by atoms with Crippen LogP contribution < -0.4 is 5.32 Å². The highest BCUT2D eigenvalue weighted by atomic mass is 35.5. The Morgan fingerprint density at radius 3 is 2.56 bits per heavy atom. The van der Waals surface area contributed by atoms with Crippen LogP contribution in [0.3, 0.4) is 0 Å². The summed E-state index contributed by atoms with van der Waals surface area (Å²) in [5, 5.41) is 4.24. The number of halogens is 2. The molecule has 102 valence electrons. The van der Waals surface area contributed by atoms with Crippen molar-refractivity contribution in [1.29, 1.82) is 0 Å². The number of hydrogen-bond acceptors (Lipinski definition) is 2. The molecule has 1 N–H and O–H groups in total. The molecule has 1 fully saturated rings. The summed E-state index contributed by atoms with van der Waals surface area (Å²) in [5.41, 5.74) is 2.48. The molecule has 0 radical (unpaired) electrons. The summed E-state index contributed by atoms with van der Waals surface area (Å²) in [6.45, 7) is 5.43. The van der Waals surface area contributed by atoms with Gasteiger partial charge in [-0.1, -0.05) is 23.7 Å². The van der Waals surface area contributed by atoms with Crippen LogP contribution in [0.4, 0.5) is 0 Å². The minimum Gasteiger partial charge on any atom is -0.317 e. The minimum absolute atomic E-state index is 0. The molecule has 4 heteroatoms. The number of nitrogens with one attached hydrogen (secondary N) is 1. The van der Waals surface area contributed by atoms with Crippen molar-refractivity contribution < 1.29 is 0 Å². The Morgan fingerprint density at radius 1 is 1.33 bits per heavy atom. The average Bonchev–Trinajstić information content (AvgIpc) is 2.35. The standard InChI is InChI=1S/C14H21ClN2.ClH/c1-11-3-4-12(9-14(11)15)10-17-7-5-13(16-2)6-8-17;/h3-4,9,13,16H,5-8,10H2,1-2H3;1H. The van der Waals surface area contributed by atoms with Gasteiger partial charge in [-0.25, -0.2) is 0 Å². The molecule has 1 heterocycles. The minimum atomic E-state index is 0. The molecule has 0 atom stereocenters. The van der Waals surface area contributed by atoms with Gasteiger partial charge >= 0.3 is 0 Å². The van der Waals surface area contributed by atoms with Crippen LogP contribution >= 0.6 is 24.0 Å². The Bertz CT molecular complexity index is 374. The maximum Gasteiger partial charge on any atom is 0.0438 e. The second-order valence-corrected chi connectivity index (χ2v) is 5.33. The van der Waals surface area contributed by atoms with Gasteiger partial charge < -0.3 is 5.32 Å². The quantitative estimate of drug-likeness (QED) is 0.919. The van der Waals surface area contributed by atoms with Gasteiger partial charge in [0.1, 0.15) is 0 Å². The van der Waals surface area contributed by atoms with Crippen LogP contribution in [0.15, 0.2) is 18.2 Å². The molecule has 0 unspecified atom stereocenters. The molecule has 2 nitrogen and oxygen atoms in total. The van der Waals surface area contributed by atoms with Crippen LogP contribution in [0.1, 0.15) is 24.0 Å². The first-order valence-corrected chi connectivity index (χ1v) is 6.71. The van der Waals surface area contributed by atoms with Gasteiger partial charge in [-0.3, -0.25) is 4.90 Å².